The van der Waals surface area contributed by atoms with Crippen molar-refractivity contribution in [2.75, 3.05) is 0 Å². The van der Waals surface area contributed by atoms with Gasteiger partial charge < -0.3 is 14.7 Å². The van der Waals surface area contributed by atoms with E-state index in [4.69, 9.17) is 22.3 Å². The van der Waals surface area contributed by atoms with Crippen molar-refractivity contribution in [3.05, 3.63) is 77.6 Å². The molecule has 124 valence electrons. The quantitative estimate of drug-likeness (QED) is 0.614. The third kappa shape index (κ3) is 2.77. The number of hydrogen-bond donors (Lipinski definition) is 1. The standard InChI is InChI=1S/C18H14ClN5O/c19-13-6-4-12(5-7-13)16-14(24-9-2-1-3-15(24)22-16)11-23-10-8-21-18(23)17(20)25/h1-10H,11H2,(H2,20,25). The maximum absolute atomic E-state index is 11.6. The van der Waals surface area contributed by atoms with Crippen molar-refractivity contribution in [2.45, 2.75) is 6.54 Å². The molecule has 1 aromatic carbocycles. The van der Waals surface area contributed by atoms with Gasteiger partial charge in [-0.2, -0.15) is 0 Å². The molecule has 0 aliphatic carbocycles. The molecule has 7 heteroatoms. The number of primary amides is 1. The number of imidazole rings is 2. The molecule has 3 aromatic heterocycles. The van der Waals surface area contributed by atoms with Gasteiger partial charge in [0.05, 0.1) is 17.9 Å². The van der Waals surface area contributed by atoms with Crippen molar-refractivity contribution < 1.29 is 4.79 Å². The molecule has 0 saturated carbocycles. The van der Waals surface area contributed by atoms with Crippen LogP contribution >= 0.6 is 11.6 Å². The highest BCUT2D eigenvalue weighted by Crippen LogP contribution is 2.26. The lowest BCUT2D eigenvalue weighted by molar-refractivity contribution is 0.0987. The van der Waals surface area contributed by atoms with Crippen LogP contribution in [0.1, 0.15) is 16.3 Å². The SMILES string of the molecule is NC(=O)c1nccn1Cc1c(-c2ccc(Cl)cc2)nc2ccccn12. The Kier molecular flexibility index (Phi) is 3.74. The predicted octanol–water partition coefficient (Wildman–Crippen LogP) is 3.00. The minimum atomic E-state index is -0.563. The Bertz CT molecular complexity index is 1060. The summed E-state index contributed by atoms with van der Waals surface area (Å²) in [6, 6.07) is 13.3. The van der Waals surface area contributed by atoms with Crippen molar-refractivity contribution in [2.24, 2.45) is 5.73 Å². The second-order valence-electron chi connectivity index (χ2n) is 5.59. The first kappa shape index (κ1) is 15.4. The maximum Gasteiger partial charge on any atom is 0.284 e. The summed E-state index contributed by atoms with van der Waals surface area (Å²) in [5.41, 5.74) is 8.93. The fourth-order valence-corrected chi connectivity index (χ4v) is 2.99. The zero-order valence-corrected chi connectivity index (χ0v) is 13.9. The van der Waals surface area contributed by atoms with Gasteiger partial charge in [0.2, 0.25) is 0 Å². The van der Waals surface area contributed by atoms with Gasteiger partial charge in [0, 0.05) is 29.2 Å². The molecule has 25 heavy (non-hydrogen) atoms. The molecule has 6 nitrogen and oxygen atoms in total. The topological polar surface area (TPSA) is 78.2 Å². The van der Waals surface area contributed by atoms with E-state index in [0.29, 0.717) is 11.6 Å². The van der Waals surface area contributed by atoms with Gasteiger partial charge in [-0.1, -0.05) is 29.8 Å². The third-order valence-corrected chi connectivity index (χ3v) is 4.25. The molecule has 0 aliphatic heterocycles. The van der Waals surface area contributed by atoms with Crippen LogP contribution in [0.15, 0.2) is 61.1 Å². The Morgan fingerprint density at radius 2 is 1.92 bits per heavy atom. The molecule has 0 saturated heterocycles. The first-order valence-electron chi connectivity index (χ1n) is 7.66. The highest BCUT2D eigenvalue weighted by molar-refractivity contribution is 6.30. The second-order valence-corrected chi connectivity index (χ2v) is 6.02. The zero-order valence-electron chi connectivity index (χ0n) is 13.1. The number of rotatable bonds is 4. The van der Waals surface area contributed by atoms with Crippen LogP contribution < -0.4 is 5.73 Å². The number of nitrogens with two attached hydrogens (primary N) is 1. The van der Waals surface area contributed by atoms with Crippen LogP contribution in [-0.2, 0) is 6.54 Å². The van der Waals surface area contributed by atoms with E-state index in [2.05, 4.69) is 4.98 Å². The van der Waals surface area contributed by atoms with E-state index in [-0.39, 0.29) is 5.82 Å². The lowest BCUT2D eigenvalue weighted by atomic mass is 10.1. The lowest BCUT2D eigenvalue weighted by Crippen LogP contribution is -2.19. The van der Waals surface area contributed by atoms with Crippen LogP contribution in [0.4, 0.5) is 0 Å². The Morgan fingerprint density at radius 3 is 2.68 bits per heavy atom. The largest absolute Gasteiger partial charge is 0.363 e. The minimum absolute atomic E-state index is 0.216. The van der Waals surface area contributed by atoms with E-state index in [1.807, 2.05) is 53.1 Å². The highest BCUT2D eigenvalue weighted by atomic mass is 35.5. The van der Waals surface area contributed by atoms with E-state index in [9.17, 15) is 4.79 Å². The number of nitrogens with zero attached hydrogens (tertiary/aromatic N) is 4. The molecular formula is C18H14ClN5O. The van der Waals surface area contributed by atoms with Crippen LogP contribution in [0.25, 0.3) is 16.9 Å². The van der Waals surface area contributed by atoms with Gasteiger partial charge in [-0.15, -0.1) is 0 Å². The van der Waals surface area contributed by atoms with Gasteiger partial charge in [0.25, 0.3) is 5.91 Å². The maximum atomic E-state index is 11.6. The summed E-state index contributed by atoms with van der Waals surface area (Å²) in [7, 11) is 0. The summed E-state index contributed by atoms with van der Waals surface area (Å²) >= 11 is 6.00. The molecular weight excluding hydrogens is 338 g/mol. The molecule has 4 rings (SSSR count). The van der Waals surface area contributed by atoms with E-state index in [1.165, 1.54) is 0 Å². The van der Waals surface area contributed by atoms with Crippen LogP contribution in [0.2, 0.25) is 5.02 Å². The molecule has 0 fully saturated rings. The van der Waals surface area contributed by atoms with Gasteiger partial charge in [-0.25, -0.2) is 9.97 Å². The van der Waals surface area contributed by atoms with Crippen LogP contribution in [0.5, 0.6) is 0 Å². The van der Waals surface area contributed by atoms with Crippen molar-refractivity contribution in [3.8, 4) is 11.3 Å². The number of carbonyl (C=O) groups excluding carboxylic acids is 1. The highest BCUT2D eigenvalue weighted by Gasteiger charge is 2.17. The van der Waals surface area contributed by atoms with Gasteiger partial charge in [-0.3, -0.25) is 4.79 Å². The van der Waals surface area contributed by atoms with Crippen LogP contribution in [0.3, 0.4) is 0 Å². The molecule has 4 aromatic rings. The number of hydrogen-bond acceptors (Lipinski definition) is 3. The number of amides is 1. The first-order valence-corrected chi connectivity index (χ1v) is 8.04. The molecule has 1 amide bonds. The number of pyridine rings is 1. The number of benzene rings is 1. The average molecular weight is 352 g/mol. The monoisotopic (exact) mass is 351 g/mol. The van der Waals surface area contributed by atoms with Crippen molar-refractivity contribution in [3.63, 3.8) is 0 Å². The lowest BCUT2D eigenvalue weighted by Gasteiger charge is -2.08. The molecule has 3 heterocycles. The number of fused-ring (bicyclic) bond motifs is 1. The molecule has 0 spiro atoms. The number of halogens is 1. The second kappa shape index (κ2) is 6.07. The van der Waals surface area contributed by atoms with Crippen molar-refractivity contribution in [1.82, 2.24) is 18.9 Å². The minimum Gasteiger partial charge on any atom is -0.363 e. The normalized spacial score (nSPS) is 11.1. The van der Waals surface area contributed by atoms with Gasteiger partial charge in [-0.05, 0) is 24.3 Å². The third-order valence-electron chi connectivity index (χ3n) is 4.00. The van der Waals surface area contributed by atoms with E-state index in [1.54, 1.807) is 17.0 Å². The van der Waals surface area contributed by atoms with Gasteiger partial charge in [0.1, 0.15) is 5.65 Å². The Morgan fingerprint density at radius 1 is 1.12 bits per heavy atom. The summed E-state index contributed by atoms with van der Waals surface area (Å²) in [6.07, 6.45) is 5.23. The number of aromatic nitrogens is 4. The molecule has 0 radical (unpaired) electrons. The smallest absolute Gasteiger partial charge is 0.284 e. The molecule has 0 aliphatic rings. The molecule has 0 bridgehead atoms. The van der Waals surface area contributed by atoms with E-state index in [0.717, 1.165) is 22.6 Å². The predicted molar refractivity (Wildman–Crippen MR) is 95.5 cm³/mol. The zero-order chi connectivity index (χ0) is 17.4. The Hall–Kier alpha value is -3.12. The van der Waals surface area contributed by atoms with Crippen molar-refractivity contribution >= 4 is 23.2 Å². The molecule has 0 atom stereocenters. The first-order chi connectivity index (χ1) is 12.1. The van der Waals surface area contributed by atoms with E-state index < -0.39 is 5.91 Å². The molecule has 0 unspecified atom stereocenters. The summed E-state index contributed by atoms with van der Waals surface area (Å²) in [5.74, 6) is -0.347. The Labute approximate surface area is 148 Å². The van der Waals surface area contributed by atoms with Gasteiger partial charge >= 0.3 is 0 Å². The molecule has 2 N–H and O–H groups in total. The summed E-state index contributed by atoms with van der Waals surface area (Å²) in [6.45, 7) is 0.418. The van der Waals surface area contributed by atoms with Crippen LogP contribution in [0, 0.1) is 0 Å². The van der Waals surface area contributed by atoms with Crippen LogP contribution in [-0.4, -0.2) is 24.8 Å². The van der Waals surface area contributed by atoms with Gasteiger partial charge in [0.15, 0.2) is 5.82 Å². The van der Waals surface area contributed by atoms with E-state index >= 15 is 0 Å². The summed E-state index contributed by atoms with van der Waals surface area (Å²) in [4.78, 5) is 20.3. The fourth-order valence-electron chi connectivity index (χ4n) is 2.86. The fraction of sp³-hybridized carbons (Fsp3) is 0.0556. The summed E-state index contributed by atoms with van der Waals surface area (Å²) < 4.78 is 3.72. The number of carbonyl (C=O) groups is 1. The summed E-state index contributed by atoms with van der Waals surface area (Å²) in [5, 5.41) is 0.666. The average Bonchev–Trinajstić information content (AvgIpc) is 3.21. The Balaban J connectivity index is 1.89. The van der Waals surface area contributed by atoms with Crippen molar-refractivity contribution in [1.29, 1.82) is 0 Å².